The molecule has 0 radical (unpaired) electrons. The van der Waals surface area contributed by atoms with Crippen LogP contribution in [0.3, 0.4) is 0 Å². The normalized spacial score (nSPS) is 12.2. The first-order valence-corrected chi connectivity index (χ1v) is 14.8. The molecular formula is C31H39N3O4S. The van der Waals surface area contributed by atoms with Gasteiger partial charge in [0.15, 0.2) is 0 Å². The van der Waals surface area contributed by atoms with E-state index < -0.39 is 28.5 Å². The van der Waals surface area contributed by atoms with Crippen molar-refractivity contribution in [3.8, 4) is 0 Å². The average Bonchev–Trinajstić information content (AvgIpc) is 2.92. The first-order valence-electron chi connectivity index (χ1n) is 13.3. The number of nitrogens with zero attached hydrogens (tertiary/aromatic N) is 2. The molecule has 0 aromatic heterocycles. The van der Waals surface area contributed by atoms with Gasteiger partial charge in [-0.2, -0.15) is 4.31 Å². The van der Waals surface area contributed by atoms with Gasteiger partial charge in [-0.15, -0.1) is 0 Å². The van der Waals surface area contributed by atoms with Gasteiger partial charge in [0.05, 0.1) is 11.4 Å². The Morgan fingerprint density at radius 2 is 1.54 bits per heavy atom. The van der Waals surface area contributed by atoms with Crippen LogP contribution in [-0.4, -0.2) is 55.6 Å². The zero-order valence-corrected chi connectivity index (χ0v) is 24.1. The number of likely N-dealkylation sites (N-methyl/N-ethyl adjacent to an activating group) is 1. The summed E-state index contributed by atoms with van der Waals surface area (Å²) in [6.45, 7) is 6.18. The molecule has 0 fully saturated rings. The molecule has 0 saturated carbocycles. The summed E-state index contributed by atoms with van der Waals surface area (Å²) in [6.07, 6.45) is 2.06. The smallest absolute Gasteiger partial charge is 0.243 e. The highest BCUT2D eigenvalue weighted by Gasteiger charge is 2.33. The van der Waals surface area contributed by atoms with Crippen molar-refractivity contribution in [2.24, 2.45) is 0 Å². The average molecular weight is 550 g/mol. The van der Waals surface area contributed by atoms with E-state index in [9.17, 15) is 18.0 Å². The van der Waals surface area contributed by atoms with Crippen molar-refractivity contribution in [2.45, 2.75) is 57.5 Å². The maximum absolute atomic E-state index is 13.9. The highest BCUT2D eigenvalue weighted by atomic mass is 32.2. The number of benzene rings is 3. The van der Waals surface area contributed by atoms with Gasteiger partial charge in [-0.1, -0.05) is 85.6 Å². The van der Waals surface area contributed by atoms with E-state index in [1.807, 2.05) is 75.4 Å². The Balaban J connectivity index is 1.96. The van der Waals surface area contributed by atoms with Gasteiger partial charge in [0, 0.05) is 26.6 Å². The third kappa shape index (κ3) is 8.25. The van der Waals surface area contributed by atoms with Gasteiger partial charge in [-0.3, -0.25) is 9.59 Å². The molecule has 7 nitrogen and oxygen atoms in total. The van der Waals surface area contributed by atoms with Crippen molar-refractivity contribution < 1.29 is 18.0 Å². The summed E-state index contributed by atoms with van der Waals surface area (Å²) in [4.78, 5) is 29.1. The molecule has 3 aromatic rings. The van der Waals surface area contributed by atoms with Gasteiger partial charge in [0.25, 0.3) is 0 Å². The van der Waals surface area contributed by atoms with Gasteiger partial charge < -0.3 is 10.2 Å². The predicted octanol–water partition coefficient (Wildman–Crippen LogP) is 4.48. The van der Waals surface area contributed by atoms with Gasteiger partial charge in [-0.25, -0.2) is 8.42 Å². The first-order chi connectivity index (χ1) is 18.6. The third-order valence-corrected chi connectivity index (χ3v) is 8.61. The number of rotatable bonds is 13. The van der Waals surface area contributed by atoms with Crippen LogP contribution in [0, 0.1) is 13.8 Å². The van der Waals surface area contributed by atoms with Gasteiger partial charge in [-0.05, 0) is 49.1 Å². The second-order valence-corrected chi connectivity index (χ2v) is 11.9. The summed E-state index contributed by atoms with van der Waals surface area (Å²) < 4.78 is 27.6. The van der Waals surface area contributed by atoms with E-state index >= 15 is 0 Å². The molecule has 0 heterocycles. The van der Waals surface area contributed by atoms with E-state index in [-0.39, 0.29) is 17.3 Å². The molecule has 3 rings (SSSR count). The quantitative estimate of drug-likeness (QED) is 0.319. The van der Waals surface area contributed by atoms with E-state index in [2.05, 4.69) is 5.32 Å². The Kier molecular flexibility index (Phi) is 10.8. The molecule has 0 aliphatic rings. The summed E-state index contributed by atoms with van der Waals surface area (Å²) in [7, 11) is -2.51. The van der Waals surface area contributed by atoms with E-state index in [0.29, 0.717) is 13.0 Å². The van der Waals surface area contributed by atoms with Gasteiger partial charge >= 0.3 is 0 Å². The second kappa shape index (κ2) is 14.1. The summed E-state index contributed by atoms with van der Waals surface area (Å²) in [6, 6.07) is 23.0. The van der Waals surface area contributed by atoms with Crippen LogP contribution in [-0.2, 0) is 32.6 Å². The molecule has 2 amide bonds. The lowest BCUT2D eigenvalue weighted by Crippen LogP contribution is -2.53. The fourth-order valence-corrected chi connectivity index (χ4v) is 5.41. The minimum Gasteiger partial charge on any atom is -0.354 e. The van der Waals surface area contributed by atoms with Gasteiger partial charge in [0.1, 0.15) is 6.04 Å². The van der Waals surface area contributed by atoms with Crippen LogP contribution < -0.4 is 5.32 Å². The minimum absolute atomic E-state index is 0.118. The maximum atomic E-state index is 13.9. The molecule has 39 heavy (non-hydrogen) atoms. The Morgan fingerprint density at radius 1 is 0.897 bits per heavy atom. The lowest BCUT2D eigenvalue weighted by Gasteiger charge is -2.33. The largest absolute Gasteiger partial charge is 0.354 e. The number of hydrogen-bond acceptors (Lipinski definition) is 4. The van der Waals surface area contributed by atoms with E-state index in [1.165, 1.54) is 24.1 Å². The van der Waals surface area contributed by atoms with E-state index in [4.69, 9.17) is 0 Å². The summed E-state index contributed by atoms with van der Waals surface area (Å²) in [5.41, 5.74) is 3.74. The summed E-state index contributed by atoms with van der Waals surface area (Å²) >= 11 is 0. The molecule has 0 saturated heterocycles. The second-order valence-electron chi connectivity index (χ2n) is 9.87. The molecule has 0 unspecified atom stereocenters. The number of aryl methyl sites for hydroxylation is 2. The Bertz CT molecular complexity index is 1340. The minimum atomic E-state index is -3.90. The number of amides is 2. The Labute approximate surface area is 232 Å². The van der Waals surface area contributed by atoms with Crippen molar-refractivity contribution in [1.82, 2.24) is 14.5 Å². The zero-order valence-electron chi connectivity index (χ0n) is 23.3. The van der Waals surface area contributed by atoms with Gasteiger partial charge in [0.2, 0.25) is 21.8 Å². The van der Waals surface area contributed by atoms with E-state index in [1.54, 1.807) is 12.1 Å². The number of unbranched alkanes of at least 4 members (excludes halogenated alkanes) is 1. The molecular weight excluding hydrogens is 510 g/mol. The highest BCUT2D eigenvalue weighted by Crippen LogP contribution is 2.19. The van der Waals surface area contributed by atoms with Crippen LogP contribution >= 0.6 is 0 Å². The summed E-state index contributed by atoms with van der Waals surface area (Å²) in [5, 5.41) is 2.99. The van der Waals surface area contributed by atoms with Crippen LogP contribution in [0.5, 0.6) is 0 Å². The van der Waals surface area contributed by atoms with Crippen molar-refractivity contribution in [3.63, 3.8) is 0 Å². The fraction of sp³-hybridized carbons (Fsp3) is 0.355. The number of sulfonamides is 1. The zero-order chi connectivity index (χ0) is 28.4. The van der Waals surface area contributed by atoms with Crippen molar-refractivity contribution in [1.29, 1.82) is 0 Å². The van der Waals surface area contributed by atoms with Crippen LogP contribution in [0.1, 0.15) is 42.0 Å². The standard InChI is InChI=1S/C31H39N3O4S/c1-5-6-20-32-31(36)29(21-26-13-8-7-9-14-26)34(22-27-15-11-10-12-25(27)3)30(35)23-33(4)39(37,38)28-18-16-24(2)17-19-28/h7-19,29H,5-6,20-23H2,1-4H3,(H,32,36)/t29-/m1/s1. The molecule has 1 atom stereocenters. The maximum Gasteiger partial charge on any atom is 0.243 e. The molecule has 0 bridgehead atoms. The summed E-state index contributed by atoms with van der Waals surface area (Å²) in [5.74, 6) is -0.693. The van der Waals surface area contributed by atoms with Crippen LogP contribution in [0.2, 0.25) is 0 Å². The first kappa shape index (κ1) is 30.1. The monoisotopic (exact) mass is 549 g/mol. The molecule has 0 aliphatic carbocycles. The highest BCUT2D eigenvalue weighted by molar-refractivity contribution is 7.89. The van der Waals surface area contributed by atoms with Crippen LogP contribution in [0.15, 0.2) is 83.8 Å². The molecule has 0 aliphatic heterocycles. The number of nitrogens with one attached hydrogen (secondary N) is 1. The number of carbonyl (C=O) groups excluding carboxylic acids is 2. The fourth-order valence-electron chi connectivity index (χ4n) is 4.29. The molecule has 1 N–H and O–H groups in total. The molecule has 3 aromatic carbocycles. The lowest BCUT2D eigenvalue weighted by molar-refractivity contribution is -0.141. The number of hydrogen-bond donors (Lipinski definition) is 1. The molecule has 208 valence electrons. The van der Waals surface area contributed by atoms with Crippen molar-refractivity contribution in [3.05, 3.63) is 101 Å². The number of carbonyl (C=O) groups is 2. The van der Waals surface area contributed by atoms with Crippen LogP contribution in [0.4, 0.5) is 0 Å². The molecule has 8 heteroatoms. The topological polar surface area (TPSA) is 86.8 Å². The lowest BCUT2D eigenvalue weighted by atomic mass is 10.0. The Morgan fingerprint density at radius 3 is 2.18 bits per heavy atom. The third-order valence-electron chi connectivity index (χ3n) is 6.79. The SMILES string of the molecule is CCCCNC(=O)[C@@H](Cc1ccccc1)N(Cc1ccccc1C)C(=O)CN(C)S(=O)(=O)c1ccc(C)cc1. The van der Waals surface area contributed by atoms with Crippen molar-refractivity contribution >= 4 is 21.8 Å². The molecule has 0 spiro atoms. The predicted molar refractivity (Wildman–Crippen MR) is 155 cm³/mol. The Hall–Kier alpha value is -3.49. The van der Waals surface area contributed by atoms with Crippen LogP contribution in [0.25, 0.3) is 0 Å². The van der Waals surface area contributed by atoms with Crippen molar-refractivity contribution in [2.75, 3.05) is 20.1 Å². The van der Waals surface area contributed by atoms with E-state index in [0.717, 1.165) is 39.4 Å².